The Bertz CT molecular complexity index is 700. The van der Waals surface area contributed by atoms with Crippen LogP contribution in [-0.4, -0.2) is 16.1 Å². The monoisotopic (exact) mass is 381 g/mol. The number of nitrogens with one attached hydrogen (secondary N) is 1. The van der Waals surface area contributed by atoms with Crippen molar-refractivity contribution in [1.29, 1.82) is 0 Å². The van der Waals surface area contributed by atoms with Crippen molar-refractivity contribution in [2.24, 2.45) is 0 Å². The van der Waals surface area contributed by atoms with Crippen LogP contribution < -0.4 is 5.32 Å². The lowest BCUT2D eigenvalue weighted by molar-refractivity contribution is 0.102. The van der Waals surface area contributed by atoms with Gasteiger partial charge in [0, 0.05) is 6.07 Å². The van der Waals surface area contributed by atoms with Gasteiger partial charge < -0.3 is 5.32 Å². The van der Waals surface area contributed by atoms with E-state index in [0.717, 1.165) is 6.07 Å². The smallest absolute Gasteiger partial charge is 0.259 e. The van der Waals surface area contributed by atoms with Crippen LogP contribution in [0.3, 0.4) is 0 Å². The van der Waals surface area contributed by atoms with E-state index in [1.807, 2.05) is 0 Å². The Hall–Kier alpha value is -1.31. The van der Waals surface area contributed by atoms with E-state index in [1.165, 1.54) is 6.07 Å². The average Bonchev–Trinajstić information content (AvgIpc) is 2.38. The first-order valence-corrected chi connectivity index (χ1v) is 6.58. The average molecular weight is 383 g/mol. The minimum absolute atomic E-state index is 0.00572. The fourth-order valence-corrected chi connectivity index (χ4v) is 1.99. The largest absolute Gasteiger partial charge is 0.319 e. The second-order valence-electron chi connectivity index (χ2n) is 3.57. The molecule has 1 aromatic carbocycles. The minimum atomic E-state index is -0.928. The number of halogens is 5. The number of amides is 1. The molecule has 0 saturated carbocycles. The van der Waals surface area contributed by atoms with Gasteiger partial charge in [-0.3, -0.25) is 4.79 Å². The summed E-state index contributed by atoms with van der Waals surface area (Å²) in [7, 11) is 0. The molecule has 104 valence electrons. The zero-order valence-electron chi connectivity index (χ0n) is 9.42. The highest BCUT2D eigenvalue weighted by Crippen LogP contribution is 2.25. The summed E-state index contributed by atoms with van der Waals surface area (Å²) < 4.78 is 26.6. The Labute approximate surface area is 130 Å². The second kappa shape index (κ2) is 5.99. The van der Waals surface area contributed by atoms with Crippen LogP contribution >= 0.6 is 39.1 Å². The first-order valence-electron chi connectivity index (χ1n) is 5.03. The van der Waals surface area contributed by atoms with Crippen molar-refractivity contribution in [3.63, 3.8) is 0 Å². The van der Waals surface area contributed by atoms with Gasteiger partial charge in [0.2, 0.25) is 0 Å². The molecule has 0 bridgehead atoms. The van der Waals surface area contributed by atoms with E-state index in [9.17, 15) is 13.6 Å². The molecule has 0 unspecified atom stereocenters. The van der Waals surface area contributed by atoms with E-state index < -0.39 is 17.5 Å². The highest BCUT2D eigenvalue weighted by Gasteiger charge is 2.16. The second-order valence-corrected chi connectivity index (χ2v) is 5.17. The molecule has 2 aromatic rings. The fraction of sp³-hybridized carbons (Fsp3) is 0. The lowest BCUT2D eigenvalue weighted by atomic mass is 10.2. The van der Waals surface area contributed by atoms with Crippen molar-refractivity contribution >= 4 is 50.7 Å². The first-order chi connectivity index (χ1) is 9.38. The van der Waals surface area contributed by atoms with Crippen LogP contribution in [-0.2, 0) is 0 Å². The highest BCUT2D eigenvalue weighted by molar-refractivity contribution is 9.10. The molecule has 0 aliphatic heterocycles. The Morgan fingerprint density at radius 1 is 1.15 bits per heavy atom. The van der Waals surface area contributed by atoms with Crippen molar-refractivity contribution in [2.75, 3.05) is 5.32 Å². The molecule has 0 atom stereocenters. The lowest BCUT2D eigenvalue weighted by Crippen LogP contribution is -2.14. The fourth-order valence-electron chi connectivity index (χ4n) is 1.32. The number of rotatable bonds is 2. The van der Waals surface area contributed by atoms with E-state index in [-0.39, 0.29) is 26.0 Å². The summed E-state index contributed by atoms with van der Waals surface area (Å²) >= 11 is 14.2. The molecule has 2 rings (SSSR count). The van der Waals surface area contributed by atoms with Gasteiger partial charge in [-0.15, -0.1) is 10.2 Å². The Balaban J connectivity index is 2.32. The van der Waals surface area contributed by atoms with Crippen LogP contribution in [0.1, 0.15) is 10.4 Å². The Kier molecular flexibility index (Phi) is 4.52. The topological polar surface area (TPSA) is 54.9 Å². The predicted molar refractivity (Wildman–Crippen MR) is 74.1 cm³/mol. The molecule has 1 aromatic heterocycles. The molecule has 1 amide bonds. The molecule has 20 heavy (non-hydrogen) atoms. The number of carbonyl (C=O) groups excluding carboxylic acids is 1. The number of hydrogen-bond donors (Lipinski definition) is 1. The number of aromatic nitrogens is 2. The number of anilines is 1. The summed E-state index contributed by atoms with van der Waals surface area (Å²) in [4.78, 5) is 11.9. The predicted octanol–water partition coefficient (Wildman–Crippen LogP) is 4.08. The molecule has 0 aliphatic rings. The quantitative estimate of drug-likeness (QED) is 0.796. The SMILES string of the molecule is O=C(Nc1cc(Br)c(F)cc1F)c1cc(Cl)nnc1Cl. The summed E-state index contributed by atoms with van der Waals surface area (Å²) in [5.74, 6) is -2.46. The third-order valence-corrected chi connectivity index (χ3v) is 3.29. The number of carbonyl (C=O) groups is 1. The number of benzene rings is 1. The van der Waals surface area contributed by atoms with Crippen molar-refractivity contribution in [3.05, 3.63) is 50.2 Å². The summed E-state index contributed by atoms with van der Waals surface area (Å²) in [5.41, 5.74) is -0.293. The van der Waals surface area contributed by atoms with Crippen LogP contribution in [0, 0.1) is 11.6 Å². The van der Waals surface area contributed by atoms with Gasteiger partial charge in [-0.1, -0.05) is 23.2 Å². The van der Waals surface area contributed by atoms with Crippen molar-refractivity contribution in [2.45, 2.75) is 0 Å². The van der Waals surface area contributed by atoms with E-state index in [1.54, 1.807) is 0 Å². The van der Waals surface area contributed by atoms with Gasteiger partial charge in [-0.25, -0.2) is 8.78 Å². The van der Waals surface area contributed by atoms with Gasteiger partial charge in [0.15, 0.2) is 10.3 Å². The molecular formula is C11H4BrCl2F2N3O. The van der Waals surface area contributed by atoms with E-state index >= 15 is 0 Å². The van der Waals surface area contributed by atoms with Crippen molar-refractivity contribution in [3.8, 4) is 0 Å². The zero-order chi connectivity index (χ0) is 14.9. The van der Waals surface area contributed by atoms with E-state index in [2.05, 4.69) is 31.4 Å². The Morgan fingerprint density at radius 3 is 2.55 bits per heavy atom. The standard InChI is InChI=1S/C11H4BrCl2F2N3O/c12-5-2-8(7(16)3-6(5)15)17-11(20)4-1-9(13)18-19-10(4)14/h1-3H,(H,17,20). The molecule has 9 heteroatoms. The molecule has 4 nitrogen and oxygen atoms in total. The van der Waals surface area contributed by atoms with Gasteiger partial charge in [0.05, 0.1) is 15.7 Å². The number of hydrogen-bond acceptors (Lipinski definition) is 3. The third kappa shape index (κ3) is 3.23. The van der Waals surface area contributed by atoms with Gasteiger partial charge in [-0.05, 0) is 28.1 Å². The maximum absolute atomic E-state index is 13.5. The van der Waals surface area contributed by atoms with Crippen LogP contribution in [0.25, 0.3) is 0 Å². The van der Waals surface area contributed by atoms with Crippen LogP contribution in [0.15, 0.2) is 22.7 Å². The maximum Gasteiger partial charge on any atom is 0.259 e. The van der Waals surface area contributed by atoms with Crippen LogP contribution in [0.4, 0.5) is 14.5 Å². The highest BCUT2D eigenvalue weighted by atomic mass is 79.9. The van der Waals surface area contributed by atoms with Gasteiger partial charge in [0.25, 0.3) is 5.91 Å². The van der Waals surface area contributed by atoms with Gasteiger partial charge in [-0.2, -0.15) is 0 Å². The van der Waals surface area contributed by atoms with Crippen molar-refractivity contribution in [1.82, 2.24) is 10.2 Å². The van der Waals surface area contributed by atoms with Crippen molar-refractivity contribution < 1.29 is 13.6 Å². The minimum Gasteiger partial charge on any atom is -0.319 e. The zero-order valence-corrected chi connectivity index (χ0v) is 12.5. The molecule has 0 aliphatic carbocycles. The molecular weight excluding hydrogens is 379 g/mol. The molecule has 1 N–H and O–H groups in total. The molecule has 1 heterocycles. The van der Waals surface area contributed by atoms with E-state index in [0.29, 0.717) is 6.07 Å². The molecule has 0 fully saturated rings. The normalized spacial score (nSPS) is 10.4. The van der Waals surface area contributed by atoms with Gasteiger partial charge in [0.1, 0.15) is 11.6 Å². The van der Waals surface area contributed by atoms with E-state index in [4.69, 9.17) is 23.2 Å². The molecule has 0 saturated heterocycles. The first kappa shape index (κ1) is 15.1. The number of nitrogens with zero attached hydrogens (tertiary/aromatic N) is 2. The van der Waals surface area contributed by atoms with Gasteiger partial charge >= 0.3 is 0 Å². The maximum atomic E-state index is 13.5. The summed E-state index contributed by atoms with van der Waals surface area (Å²) in [6.07, 6.45) is 0. The lowest BCUT2D eigenvalue weighted by Gasteiger charge is -2.08. The Morgan fingerprint density at radius 2 is 1.85 bits per heavy atom. The molecule has 0 spiro atoms. The molecule has 0 radical (unpaired) electrons. The third-order valence-electron chi connectivity index (χ3n) is 2.22. The van der Waals surface area contributed by atoms with Crippen LogP contribution in [0.5, 0.6) is 0 Å². The summed E-state index contributed by atoms with van der Waals surface area (Å²) in [6.45, 7) is 0. The summed E-state index contributed by atoms with van der Waals surface area (Å²) in [6, 6.07) is 2.91. The summed E-state index contributed by atoms with van der Waals surface area (Å²) in [5, 5.41) is 8.91. The van der Waals surface area contributed by atoms with Crippen LogP contribution in [0.2, 0.25) is 10.3 Å².